The van der Waals surface area contributed by atoms with E-state index in [1.54, 1.807) is 30.2 Å². The molecule has 3 aromatic rings. The first-order valence-electron chi connectivity index (χ1n) is 11.1. The van der Waals surface area contributed by atoms with Crippen LogP contribution in [-0.2, 0) is 21.4 Å². The second-order valence-corrected chi connectivity index (χ2v) is 10.3. The highest BCUT2D eigenvalue weighted by Crippen LogP contribution is 2.41. The van der Waals surface area contributed by atoms with Gasteiger partial charge in [0.15, 0.2) is 0 Å². The van der Waals surface area contributed by atoms with Gasteiger partial charge < -0.3 is 9.64 Å². The Morgan fingerprint density at radius 1 is 0.939 bits per heavy atom. The minimum atomic E-state index is -3.73. The lowest BCUT2D eigenvalue weighted by atomic mass is 10.1. The lowest BCUT2D eigenvalue weighted by molar-refractivity contribution is -0.129. The van der Waals surface area contributed by atoms with E-state index < -0.39 is 10.0 Å². The third-order valence-electron chi connectivity index (χ3n) is 6.47. The zero-order valence-corrected chi connectivity index (χ0v) is 19.4. The SMILES string of the molecule is COc1ccc(CN2CCCN(C(=O)CN3c4cccc5cccc(c45)S3(=O)=O)CC2)cc1. The van der Waals surface area contributed by atoms with Crippen LogP contribution in [0.5, 0.6) is 5.75 Å². The summed E-state index contributed by atoms with van der Waals surface area (Å²) in [6.07, 6.45) is 0.852. The van der Waals surface area contributed by atoms with Crippen molar-refractivity contribution in [2.75, 3.05) is 44.1 Å². The number of rotatable bonds is 5. The fourth-order valence-corrected chi connectivity index (χ4v) is 6.38. The molecule has 2 aliphatic rings. The number of methoxy groups -OCH3 is 1. The fraction of sp³-hybridized carbons (Fsp3) is 0.320. The Labute approximate surface area is 194 Å². The van der Waals surface area contributed by atoms with E-state index >= 15 is 0 Å². The van der Waals surface area contributed by atoms with Crippen LogP contribution in [0.2, 0.25) is 0 Å². The molecule has 1 amide bonds. The van der Waals surface area contributed by atoms with Crippen LogP contribution in [0.15, 0.2) is 65.6 Å². The average molecular weight is 466 g/mol. The second kappa shape index (κ2) is 8.68. The molecule has 2 heterocycles. The van der Waals surface area contributed by atoms with Crippen LogP contribution >= 0.6 is 0 Å². The summed E-state index contributed by atoms with van der Waals surface area (Å²) in [6.45, 7) is 3.49. The summed E-state index contributed by atoms with van der Waals surface area (Å²) >= 11 is 0. The number of hydrogen-bond donors (Lipinski definition) is 0. The minimum absolute atomic E-state index is 0.158. The van der Waals surface area contributed by atoms with Crippen molar-refractivity contribution in [1.29, 1.82) is 0 Å². The molecule has 1 fully saturated rings. The highest BCUT2D eigenvalue weighted by molar-refractivity contribution is 7.93. The van der Waals surface area contributed by atoms with Crippen molar-refractivity contribution >= 4 is 32.4 Å². The molecule has 0 unspecified atom stereocenters. The Bertz CT molecular complexity index is 1290. The van der Waals surface area contributed by atoms with Gasteiger partial charge in [-0.1, -0.05) is 36.4 Å². The number of anilines is 1. The zero-order valence-electron chi connectivity index (χ0n) is 18.6. The largest absolute Gasteiger partial charge is 0.497 e. The monoisotopic (exact) mass is 465 g/mol. The minimum Gasteiger partial charge on any atom is -0.497 e. The maximum absolute atomic E-state index is 13.2. The molecule has 0 bridgehead atoms. The summed E-state index contributed by atoms with van der Waals surface area (Å²) in [4.78, 5) is 17.6. The first-order chi connectivity index (χ1) is 16.0. The van der Waals surface area contributed by atoms with Gasteiger partial charge in [-0.25, -0.2) is 8.42 Å². The molecule has 0 saturated carbocycles. The molecule has 2 aliphatic heterocycles. The summed E-state index contributed by atoms with van der Waals surface area (Å²) in [5.41, 5.74) is 1.79. The van der Waals surface area contributed by atoms with E-state index in [0.717, 1.165) is 37.2 Å². The first-order valence-corrected chi connectivity index (χ1v) is 12.6. The number of carbonyl (C=O) groups is 1. The van der Waals surface area contributed by atoms with E-state index in [2.05, 4.69) is 17.0 Å². The number of ether oxygens (including phenoxy) is 1. The molecular weight excluding hydrogens is 438 g/mol. The van der Waals surface area contributed by atoms with Gasteiger partial charge in [0.2, 0.25) is 5.91 Å². The van der Waals surface area contributed by atoms with Crippen molar-refractivity contribution in [3.63, 3.8) is 0 Å². The molecule has 3 aromatic carbocycles. The summed E-state index contributed by atoms with van der Waals surface area (Å²) in [5.74, 6) is 0.677. The Morgan fingerprint density at radius 3 is 2.45 bits per heavy atom. The maximum atomic E-state index is 13.2. The number of benzene rings is 3. The highest BCUT2D eigenvalue weighted by Gasteiger charge is 2.37. The Hall–Kier alpha value is -3.10. The molecule has 0 aliphatic carbocycles. The molecule has 7 nitrogen and oxygen atoms in total. The van der Waals surface area contributed by atoms with E-state index in [4.69, 9.17) is 4.74 Å². The molecule has 0 N–H and O–H groups in total. The molecule has 5 rings (SSSR count). The number of carbonyl (C=O) groups excluding carboxylic acids is 1. The van der Waals surface area contributed by atoms with Crippen molar-refractivity contribution in [3.8, 4) is 5.75 Å². The third kappa shape index (κ3) is 4.05. The number of hydrogen-bond acceptors (Lipinski definition) is 5. The quantitative estimate of drug-likeness (QED) is 0.579. The molecule has 0 spiro atoms. The van der Waals surface area contributed by atoms with Gasteiger partial charge in [-0.15, -0.1) is 0 Å². The van der Waals surface area contributed by atoms with Gasteiger partial charge in [-0.3, -0.25) is 14.0 Å². The van der Waals surface area contributed by atoms with Crippen LogP contribution in [0.3, 0.4) is 0 Å². The summed E-state index contributed by atoms with van der Waals surface area (Å²) in [6, 6.07) is 18.8. The van der Waals surface area contributed by atoms with Gasteiger partial charge in [0, 0.05) is 38.1 Å². The van der Waals surface area contributed by atoms with Crippen LogP contribution in [0, 0.1) is 0 Å². The van der Waals surface area contributed by atoms with E-state index in [1.807, 2.05) is 30.3 Å². The predicted octanol–water partition coefficient (Wildman–Crippen LogP) is 3.09. The first kappa shape index (κ1) is 21.7. The van der Waals surface area contributed by atoms with Crippen LogP contribution in [0.25, 0.3) is 10.8 Å². The fourth-order valence-electron chi connectivity index (χ4n) is 4.72. The standard InChI is InChI=1S/C25H27N3O4S/c1-32-21-11-9-19(10-12-21)17-26-13-4-14-27(16-15-26)24(29)18-28-22-7-2-5-20-6-3-8-23(25(20)22)33(28,30)31/h2-3,5-12H,4,13-18H2,1H3. The average Bonchev–Trinajstić information content (AvgIpc) is 2.97. The molecule has 1 saturated heterocycles. The van der Waals surface area contributed by atoms with Crippen molar-refractivity contribution in [2.24, 2.45) is 0 Å². The zero-order chi connectivity index (χ0) is 23.0. The Balaban J connectivity index is 1.27. The van der Waals surface area contributed by atoms with Crippen LogP contribution < -0.4 is 9.04 Å². The third-order valence-corrected chi connectivity index (χ3v) is 8.27. The van der Waals surface area contributed by atoms with Gasteiger partial charge in [0.1, 0.15) is 12.3 Å². The Morgan fingerprint density at radius 2 is 1.70 bits per heavy atom. The van der Waals surface area contributed by atoms with Crippen molar-refractivity contribution in [3.05, 3.63) is 66.2 Å². The normalized spacial score (nSPS) is 17.8. The van der Waals surface area contributed by atoms with Crippen molar-refractivity contribution in [2.45, 2.75) is 17.9 Å². The highest BCUT2D eigenvalue weighted by atomic mass is 32.2. The molecule has 33 heavy (non-hydrogen) atoms. The number of sulfonamides is 1. The van der Waals surface area contributed by atoms with Crippen LogP contribution in [0.1, 0.15) is 12.0 Å². The van der Waals surface area contributed by atoms with E-state index in [1.165, 1.54) is 9.87 Å². The van der Waals surface area contributed by atoms with E-state index in [-0.39, 0.29) is 17.3 Å². The van der Waals surface area contributed by atoms with Crippen LogP contribution in [-0.4, -0.2) is 64.0 Å². The second-order valence-electron chi connectivity index (χ2n) is 8.50. The van der Waals surface area contributed by atoms with Crippen LogP contribution in [0.4, 0.5) is 5.69 Å². The van der Waals surface area contributed by atoms with Crippen molar-refractivity contribution < 1.29 is 17.9 Å². The lowest BCUT2D eigenvalue weighted by Crippen LogP contribution is -2.43. The number of nitrogens with zero attached hydrogens (tertiary/aromatic N) is 3. The van der Waals surface area contributed by atoms with Gasteiger partial charge in [-0.2, -0.15) is 0 Å². The van der Waals surface area contributed by atoms with Gasteiger partial charge in [-0.05, 0) is 41.6 Å². The topological polar surface area (TPSA) is 70.2 Å². The smallest absolute Gasteiger partial charge is 0.265 e. The lowest BCUT2D eigenvalue weighted by Gasteiger charge is -2.25. The van der Waals surface area contributed by atoms with E-state index in [9.17, 15) is 13.2 Å². The van der Waals surface area contributed by atoms with Gasteiger partial charge >= 0.3 is 0 Å². The number of amides is 1. The van der Waals surface area contributed by atoms with Gasteiger partial charge in [0.25, 0.3) is 10.0 Å². The molecule has 0 radical (unpaired) electrons. The summed E-state index contributed by atoms with van der Waals surface area (Å²) in [7, 11) is -2.08. The maximum Gasteiger partial charge on any atom is 0.265 e. The summed E-state index contributed by atoms with van der Waals surface area (Å²) in [5, 5.41) is 1.57. The van der Waals surface area contributed by atoms with E-state index in [0.29, 0.717) is 24.2 Å². The van der Waals surface area contributed by atoms with Gasteiger partial charge in [0.05, 0.1) is 17.7 Å². The van der Waals surface area contributed by atoms with Crippen molar-refractivity contribution in [1.82, 2.24) is 9.80 Å². The predicted molar refractivity (Wildman–Crippen MR) is 128 cm³/mol. The summed E-state index contributed by atoms with van der Waals surface area (Å²) < 4.78 is 32.9. The Kier molecular flexibility index (Phi) is 5.72. The molecular formula is C25H27N3O4S. The molecule has 0 aromatic heterocycles. The molecule has 8 heteroatoms. The molecule has 0 atom stereocenters. The molecule has 172 valence electrons.